The number of nitrogens with zero attached hydrogens (tertiary/aromatic N) is 1. The number of hydrogen-bond donors (Lipinski definition) is 2. The molecule has 2 N–H and O–H groups in total. The molecule has 0 fully saturated rings. The topological polar surface area (TPSA) is 29.0 Å². The van der Waals surface area contributed by atoms with Crippen molar-refractivity contribution in [3.05, 3.63) is 54.2 Å². The first-order chi connectivity index (χ1) is 15.3. The zero-order valence-electron chi connectivity index (χ0n) is 18.5. The van der Waals surface area contributed by atoms with Crippen LogP contribution in [0.2, 0.25) is 0 Å². The number of fused-ring (bicyclic) bond motifs is 1. The first-order valence-corrected chi connectivity index (χ1v) is 11.9. The van der Waals surface area contributed by atoms with E-state index in [9.17, 15) is 13.2 Å². The minimum Gasteiger partial charge on any atom is -0.382 e. The van der Waals surface area contributed by atoms with Crippen molar-refractivity contribution in [2.24, 2.45) is 0 Å². The van der Waals surface area contributed by atoms with Crippen LogP contribution in [0.4, 0.5) is 24.5 Å². The van der Waals surface area contributed by atoms with E-state index in [1.165, 1.54) is 4.57 Å². The summed E-state index contributed by atoms with van der Waals surface area (Å²) in [6, 6.07) is 15.3. The number of anilines is 2. The molecule has 1 heterocycles. The fourth-order valence-corrected chi connectivity index (χ4v) is 4.03. The molecule has 0 aliphatic rings. The van der Waals surface area contributed by atoms with Crippen molar-refractivity contribution in [1.29, 1.82) is 0 Å². The van der Waals surface area contributed by atoms with Gasteiger partial charge in [-0.1, -0.05) is 25.3 Å². The Labute approximate surface area is 191 Å². The van der Waals surface area contributed by atoms with Gasteiger partial charge >= 0.3 is 6.18 Å². The van der Waals surface area contributed by atoms with Gasteiger partial charge in [0.1, 0.15) is 6.54 Å². The van der Waals surface area contributed by atoms with Gasteiger partial charge < -0.3 is 15.2 Å². The Bertz CT molecular complexity index is 1090. The van der Waals surface area contributed by atoms with Gasteiger partial charge in [0, 0.05) is 27.7 Å². The molecular formula is C25H28F3N3S. The fourth-order valence-electron chi connectivity index (χ4n) is 3.62. The van der Waals surface area contributed by atoms with Crippen molar-refractivity contribution in [1.82, 2.24) is 4.57 Å². The molecular weight excluding hydrogens is 431 g/mol. The number of nitrogens with one attached hydrogen (secondary N) is 2. The molecule has 3 nitrogen and oxygen atoms in total. The number of hydrogen-bond acceptors (Lipinski definition) is 3. The summed E-state index contributed by atoms with van der Waals surface area (Å²) in [4.78, 5) is 1.16. The molecule has 2 aromatic carbocycles. The second-order valence-electron chi connectivity index (χ2n) is 7.69. The third kappa shape index (κ3) is 6.39. The molecule has 0 saturated heterocycles. The molecule has 170 valence electrons. The van der Waals surface area contributed by atoms with Crippen LogP contribution in [-0.4, -0.2) is 29.6 Å². The summed E-state index contributed by atoms with van der Waals surface area (Å²) < 4.78 is 41.2. The van der Waals surface area contributed by atoms with E-state index in [1.807, 2.05) is 36.6 Å². The molecule has 0 aliphatic carbocycles. The van der Waals surface area contributed by atoms with Gasteiger partial charge in [-0.15, -0.1) is 11.8 Å². The van der Waals surface area contributed by atoms with Crippen LogP contribution in [0.15, 0.2) is 53.4 Å². The summed E-state index contributed by atoms with van der Waals surface area (Å²) in [5.41, 5.74) is 2.64. The van der Waals surface area contributed by atoms with Crippen molar-refractivity contribution < 1.29 is 13.2 Å². The Hall–Kier alpha value is -2.72. The van der Waals surface area contributed by atoms with Gasteiger partial charge in [-0.2, -0.15) is 13.2 Å². The van der Waals surface area contributed by atoms with Gasteiger partial charge in [-0.3, -0.25) is 0 Å². The molecule has 7 heteroatoms. The van der Waals surface area contributed by atoms with E-state index in [0.717, 1.165) is 34.5 Å². The van der Waals surface area contributed by atoms with Crippen molar-refractivity contribution in [2.45, 2.75) is 50.3 Å². The molecule has 32 heavy (non-hydrogen) atoms. The summed E-state index contributed by atoms with van der Waals surface area (Å²) >= 11 is 1.66. The van der Waals surface area contributed by atoms with Crippen LogP contribution in [0.1, 0.15) is 32.4 Å². The quantitative estimate of drug-likeness (QED) is 0.281. The Kier molecular flexibility index (Phi) is 8.03. The maximum absolute atomic E-state index is 13.3. The summed E-state index contributed by atoms with van der Waals surface area (Å²) in [5.74, 6) is 5.91. The zero-order valence-corrected chi connectivity index (χ0v) is 19.3. The lowest BCUT2D eigenvalue weighted by atomic mass is 10.1. The SMILES string of the molecule is CCCC(C)Nc1cccc2c1cc(C#CCNc1ccc(SC)cc1)n2CC(F)(F)F. The monoisotopic (exact) mass is 459 g/mol. The smallest absolute Gasteiger partial charge is 0.382 e. The van der Waals surface area contributed by atoms with Crippen LogP contribution in [0.5, 0.6) is 0 Å². The number of alkyl halides is 3. The summed E-state index contributed by atoms with van der Waals surface area (Å²) in [6.07, 6.45) is -0.309. The van der Waals surface area contributed by atoms with E-state index >= 15 is 0 Å². The molecule has 3 rings (SSSR count). The van der Waals surface area contributed by atoms with E-state index in [0.29, 0.717) is 17.8 Å². The van der Waals surface area contributed by atoms with Gasteiger partial charge in [-0.05, 0) is 68.0 Å². The van der Waals surface area contributed by atoms with E-state index < -0.39 is 12.7 Å². The predicted octanol–water partition coefficient (Wildman–Crippen LogP) is 6.99. The highest BCUT2D eigenvalue weighted by atomic mass is 32.2. The van der Waals surface area contributed by atoms with Crippen LogP contribution < -0.4 is 10.6 Å². The highest BCUT2D eigenvalue weighted by Crippen LogP contribution is 2.30. The van der Waals surface area contributed by atoms with Crippen molar-refractivity contribution >= 4 is 34.0 Å². The van der Waals surface area contributed by atoms with Gasteiger partial charge in [-0.25, -0.2) is 0 Å². The Morgan fingerprint density at radius 1 is 1.12 bits per heavy atom. The van der Waals surface area contributed by atoms with Crippen molar-refractivity contribution in [3.63, 3.8) is 0 Å². The number of halogens is 3. The third-order valence-corrected chi connectivity index (χ3v) is 5.84. The second kappa shape index (κ2) is 10.7. The van der Waals surface area contributed by atoms with Gasteiger partial charge in [0.2, 0.25) is 0 Å². The minimum atomic E-state index is -4.33. The summed E-state index contributed by atoms with van der Waals surface area (Å²) in [6.45, 7) is 3.45. The van der Waals surface area contributed by atoms with Crippen LogP contribution in [0, 0.1) is 11.8 Å². The van der Waals surface area contributed by atoms with Crippen LogP contribution in [0.3, 0.4) is 0 Å². The summed E-state index contributed by atoms with van der Waals surface area (Å²) in [7, 11) is 0. The second-order valence-corrected chi connectivity index (χ2v) is 8.57. The van der Waals surface area contributed by atoms with E-state index in [1.54, 1.807) is 30.0 Å². The van der Waals surface area contributed by atoms with E-state index in [-0.39, 0.29) is 6.04 Å². The van der Waals surface area contributed by atoms with Gasteiger partial charge in [0.05, 0.1) is 17.8 Å². The zero-order chi connectivity index (χ0) is 23.1. The third-order valence-electron chi connectivity index (χ3n) is 5.09. The molecule has 3 aromatic rings. The molecule has 1 atom stereocenters. The molecule has 1 unspecified atom stereocenters. The molecule has 0 radical (unpaired) electrons. The normalized spacial score (nSPS) is 12.3. The van der Waals surface area contributed by atoms with E-state index in [2.05, 4.69) is 36.3 Å². The maximum Gasteiger partial charge on any atom is 0.406 e. The van der Waals surface area contributed by atoms with Crippen LogP contribution in [-0.2, 0) is 6.54 Å². The maximum atomic E-state index is 13.3. The van der Waals surface area contributed by atoms with Crippen LogP contribution >= 0.6 is 11.8 Å². The molecule has 0 saturated carbocycles. The number of thioether (sulfide) groups is 1. The molecule has 0 bridgehead atoms. The summed E-state index contributed by atoms with van der Waals surface area (Å²) in [5, 5.41) is 7.38. The highest BCUT2D eigenvalue weighted by molar-refractivity contribution is 7.98. The Morgan fingerprint density at radius 2 is 1.88 bits per heavy atom. The first-order valence-electron chi connectivity index (χ1n) is 10.6. The number of rotatable bonds is 8. The molecule has 0 spiro atoms. The predicted molar refractivity (Wildman–Crippen MR) is 130 cm³/mol. The Morgan fingerprint density at radius 3 is 2.53 bits per heavy atom. The van der Waals surface area contributed by atoms with Gasteiger partial charge in [0.15, 0.2) is 0 Å². The lowest BCUT2D eigenvalue weighted by Gasteiger charge is -2.16. The number of benzene rings is 2. The molecule has 1 aromatic heterocycles. The standard InChI is InChI=1S/C25H28F3N3S/c1-4-7-18(2)30-23-9-5-10-24-22(23)16-20(31(24)17-25(26,27)28)8-6-15-29-19-11-13-21(32-3)14-12-19/h5,9-14,16,18,29-30H,4,7,15,17H2,1-3H3. The average Bonchev–Trinajstić information content (AvgIpc) is 3.09. The molecule has 0 aliphatic heterocycles. The lowest BCUT2D eigenvalue weighted by molar-refractivity contribution is -0.140. The molecule has 0 amide bonds. The largest absolute Gasteiger partial charge is 0.406 e. The van der Waals surface area contributed by atoms with Crippen molar-refractivity contribution in [2.75, 3.05) is 23.4 Å². The number of aromatic nitrogens is 1. The van der Waals surface area contributed by atoms with Crippen molar-refractivity contribution in [3.8, 4) is 11.8 Å². The Balaban J connectivity index is 1.87. The highest BCUT2D eigenvalue weighted by Gasteiger charge is 2.30. The first kappa shape index (κ1) is 23.9. The minimum absolute atomic E-state index is 0.229. The van der Waals surface area contributed by atoms with Gasteiger partial charge in [0.25, 0.3) is 0 Å². The van der Waals surface area contributed by atoms with E-state index in [4.69, 9.17) is 0 Å². The average molecular weight is 460 g/mol. The van der Waals surface area contributed by atoms with Crippen LogP contribution in [0.25, 0.3) is 10.9 Å². The lowest BCUT2D eigenvalue weighted by Crippen LogP contribution is -2.18. The fraction of sp³-hybridized carbons (Fsp3) is 0.360.